The maximum Gasteiger partial charge on any atom is 0.222 e. The predicted molar refractivity (Wildman–Crippen MR) is 58.1 cm³/mol. The molecular weight excluding hydrogens is 188 g/mol. The molecule has 0 aliphatic carbocycles. The van der Waals surface area contributed by atoms with Gasteiger partial charge in [0.15, 0.2) is 0 Å². The first-order valence-electron chi connectivity index (χ1n) is 3.57. The van der Waals surface area contributed by atoms with E-state index in [0.717, 1.165) is 11.3 Å². The van der Waals surface area contributed by atoms with Crippen molar-refractivity contribution in [3.63, 3.8) is 0 Å². The molecular formula is C9H10OS2. The topological polar surface area (TPSA) is 9.23 Å². The molecule has 12 heavy (non-hydrogen) atoms. The number of ether oxygens (including phenoxy) is 1. The lowest BCUT2D eigenvalue weighted by Crippen LogP contribution is -1.97. The number of rotatable bonds is 1. The van der Waals surface area contributed by atoms with E-state index in [4.69, 9.17) is 17.0 Å². The first-order chi connectivity index (χ1) is 5.59. The van der Waals surface area contributed by atoms with Gasteiger partial charge in [-0.05, 0) is 37.7 Å². The molecule has 0 spiro atoms. The summed E-state index contributed by atoms with van der Waals surface area (Å²) in [4.78, 5) is 0. The quantitative estimate of drug-likeness (QED) is 0.549. The minimum atomic E-state index is 0.252. The van der Waals surface area contributed by atoms with E-state index >= 15 is 0 Å². The second kappa shape index (κ2) is 3.92. The zero-order valence-corrected chi connectivity index (χ0v) is 8.71. The fraction of sp³-hybridized carbons (Fsp3) is 0.222. The van der Waals surface area contributed by atoms with Crippen LogP contribution in [-0.2, 0) is 0 Å². The van der Waals surface area contributed by atoms with Crippen molar-refractivity contribution in [3.8, 4) is 5.75 Å². The molecule has 0 radical (unpaired) electrons. The van der Waals surface area contributed by atoms with E-state index in [1.165, 1.54) is 5.56 Å². The minimum absolute atomic E-state index is 0.252. The average Bonchev–Trinajstić information content (AvgIpc) is 1.94. The first-order valence-corrected chi connectivity index (χ1v) is 4.43. The molecule has 0 heterocycles. The Labute approximate surface area is 83.2 Å². The van der Waals surface area contributed by atoms with Gasteiger partial charge in [0.05, 0.1) is 0 Å². The first kappa shape index (κ1) is 9.55. The van der Waals surface area contributed by atoms with Gasteiger partial charge in [-0.1, -0.05) is 30.3 Å². The highest BCUT2D eigenvalue weighted by Crippen LogP contribution is 2.19. The van der Waals surface area contributed by atoms with E-state index in [1.54, 1.807) is 0 Å². The fourth-order valence-corrected chi connectivity index (χ4v) is 1.20. The second-order valence-corrected chi connectivity index (χ2v) is 3.72. The van der Waals surface area contributed by atoms with Crippen molar-refractivity contribution < 1.29 is 4.74 Å². The Bertz CT molecular complexity index is 307. The summed E-state index contributed by atoms with van der Waals surface area (Å²) < 4.78 is 5.45. The molecule has 0 N–H and O–H groups in total. The van der Waals surface area contributed by atoms with Crippen LogP contribution < -0.4 is 4.74 Å². The Morgan fingerprint density at radius 1 is 1.42 bits per heavy atom. The number of aryl methyl sites for hydroxylation is 2. The molecule has 0 aromatic heterocycles. The summed E-state index contributed by atoms with van der Waals surface area (Å²) in [5.41, 5.74) is 2.29. The smallest absolute Gasteiger partial charge is 0.222 e. The molecule has 0 aliphatic rings. The zero-order chi connectivity index (χ0) is 9.14. The third-order valence-electron chi connectivity index (χ3n) is 1.53. The minimum Gasteiger partial charge on any atom is -0.440 e. The van der Waals surface area contributed by atoms with Gasteiger partial charge < -0.3 is 4.74 Å². The van der Waals surface area contributed by atoms with Crippen LogP contribution in [0.5, 0.6) is 5.75 Å². The van der Waals surface area contributed by atoms with E-state index in [2.05, 4.69) is 12.6 Å². The molecule has 1 nitrogen and oxygen atoms in total. The highest BCUT2D eigenvalue weighted by atomic mass is 32.1. The van der Waals surface area contributed by atoms with Crippen molar-refractivity contribution in [1.82, 2.24) is 0 Å². The summed E-state index contributed by atoms with van der Waals surface area (Å²) in [6.07, 6.45) is 0. The van der Waals surface area contributed by atoms with Crippen LogP contribution in [0.15, 0.2) is 18.2 Å². The summed E-state index contributed by atoms with van der Waals surface area (Å²) in [6.45, 7) is 4.02. The highest BCUT2D eigenvalue weighted by molar-refractivity contribution is 8.10. The molecule has 64 valence electrons. The van der Waals surface area contributed by atoms with Gasteiger partial charge in [-0.15, -0.1) is 0 Å². The Morgan fingerprint density at radius 3 is 2.58 bits per heavy atom. The number of hydrogen-bond donors (Lipinski definition) is 1. The second-order valence-electron chi connectivity index (χ2n) is 2.64. The van der Waals surface area contributed by atoms with Crippen molar-refractivity contribution in [2.75, 3.05) is 0 Å². The van der Waals surface area contributed by atoms with Gasteiger partial charge in [-0.25, -0.2) is 0 Å². The fourth-order valence-electron chi connectivity index (χ4n) is 1.01. The van der Waals surface area contributed by atoms with Crippen molar-refractivity contribution in [1.29, 1.82) is 0 Å². The van der Waals surface area contributed by atoms with E-state index < -0.39 is 0 Å². The highest BCUT2D eigenvalue weighted by Gasteiger charge is 1.99. The monoisotopic (exact) mass is 198 g/mol. The molecule has 3 heteroatoms. The number of thiol groups is 1. The van der Waals surface area contributed by atoms with Gasteiger partial charge in [0.2, 0.25) is 4.38 Å². The lowest BCUT2D eigenvalue weighted by atomic mass is 10.1. The summed E-state index contributed by atoms with van der Waals surface area (Å²) in [5, 5.41) is 0. The Hall–Kier alpha value is -0.540. The molecule has 0 amide bonds. The Morgan fingerprint density at radius 2 is 2.08 bits per heavy atom. The van der Waals surface area contributed by atoms with Gasteiger partial charge in [0.1, 0.15) is 5.75 Å². The number of benzene rings is 1. The molecule has 0 fully saturated rings. The van der Waals surface area contributed by atoms with Crippen LogP contribution in [0.2, 0.25) is 0 Å². The SMILES string of the molecule is Cc1ccc(OC(=S)S)c(C)c1. The predicted octanol–water partition coefficient (Wildman–Crippen LogP) is 2.90. The largest absolute Gasteiger partial charge is 0.440 e. The Balaban J connectivity index is 2.93. The van der Waals surface area contributed by atoms with Crippen LogP contribution in [0, 0.1) is 13.8 Å². The maximum absolute atomic E-state index is 5.20. The van der Waals surface area contributed by atoms with Crippen LogP contribution in [0.3, 0.4) is 0 Å². The van der Waals surface area contributed by atoms with E-state index in [-0.39, 0.29) is 4.38 Å². The van der Waals surface area contributed by atoms with Crippen molar-refractivity contribution in [3.05, 3.63) is 29.3 Å². The number of thiocarbonyl (C=S) groups is 1. The summed E-state index contributed by atoms with van der Waals surface area (Å²) in [6, 6.07) is 5.92. The summed E-state index contributed by atoms with van der Waals surface area (Å²) in [7, 11) is 0. The summed E-state index contributed by atoms with van der Waals surface area (Å²) in [5.74, 6) is 0.778. The third-order valence-corrected chi connectivity index (χ3v) is 1.70. The van der Waals surface area contributed by atoms with E-state index in [0.29, 0.717) is 0 Å². The molecule has 1 aromatic rings. The molecule has 0 aliphatic heterocycles. The number of hydrogen-bond acceptors (Lipinski definition) is 2. The van der Waals surface area contributed by atoms with Crippen LogP contribution in [0.1, 0.15) is 11.1 Å². The van der Waals surface area contributed by atoms with Gasteiger partial charge in [0.25, 0.3) is 0 Å². The Kier molecular flexibility index (Phi) is 3.12. The van der Waals surface area contributed by atoms with Crippen molar-refractivity contribution in [2.45, 2.75) is 13.8 Å². The van der Waals surface area contributed by atoms with Gasteiger partial charge in [0, 0.05) is 0 Å². The van der Waals surface area contributed by atoms with Gasteiger partial charge in [-0.3, -0.25) is 0 Å². The lowest BCUT2D eigenvalue weighted by Gasteiger charge is -2.06. The molecule has 0 saturated heterocycles. The third kappa shape index (κ3) is 2.50. The molecule has 1 rings (SSSR count). The van der Waals surface area contributed by atoms with E-state index in [9.17, 15) is 0 Å². The van der Waals surface area contributed by atoms with Crippen molar-refractivity contribution >= 4 is 29.2 Å². The normalized spacial score (nSPS) is 9.58. The van der Waals surface area contributed by atoms with Crippen molar-refractivity contribution in [2.24, 2.45) is 0 Å². The van der Waals surface area contributed by atoms with E-state index in [1.807, 2.05) is 32.0 Å². The average molecular weight is 198 g/mol. The molecule has 0 atom stereocenters. The molecule has 0 unspecified atom stereocenters. The van der Waals surface area contributed by atoms with Crippen LogP contribution >= 0.6 is 24.8 Å². The standard InChI is InChI=1S/C9H10OS2/c1-6-3-4-8(7(2)5-6)10-9(11)12/h3-5H,1-2H3,(H,11,12). The molecule has 0 saturated carbocycles. The molecule has 1 aromatic carbocycles. The lowest BCUT2D eigenvalue weighted by molar-refractivity contribution is 0.574. The molecule has 0 bridgehead atoms. The van der Waals surface area contributed by atoms with Crippen LogP contribution in [0.4, 0.5) is 0 Å². The van der Waals surface area contributed by atoms with Crippen LogP contribution in [-0.4, -0.2) is 4.38 Å². The van der Waals surface area contributed by atoms with Crippen LogP contribution in [0.25, 0.3) is 0 Å². The van der Waals surface area contributed by atoms with Gasteiger partial charge >= 0.3 is 0 Å². The maximum atomic E-state index is 5.20. The zero-order valence-electron chi connectivity index (χ0n) is 7.00. The van der Waals surface area contributed by atoms with Gasteiger partial charge in [-0.2, -0.15) is 0 Å². The summed E-state index contributed by atoms with van der Waals surface area (Å²) >= 11 is 8.60.